The molecule has 5 atom stereocenters. The molecule has 196 valence electrons. The zero-order valence-corrected chi connectivity index (χ0v) is 20.2. The van der Waals surface area contributed by atoms with Crippen LogP contribution in [0.5, 0.6) is 11.5 Å². The van der Waals surface area contributed by atoms with Crippen molar-refractivity contribution in [2.24, 2.45) is 5.92 Å². The maximum atomic E-state index is 14.9. The van der Waals surface area contributed by atoms with Gasteiger partial charge in [-0.1, -0.05) is 48.5 Å². The van der Waals surface area contributed by atoms with Crippen LogP contribution in [0.3, 0.4) is 0 Å². The van der Waals surface area contributed by atoms with Crippen molar-refractivity contribution in [1.82, 2.24) is 5.32 Å². The summed E-state index contributed by atoms with van der Waals surface area (Å²) >= 11 is 0. The summed E-state index contributed by atoms with van der Waals surface area (Å²) in [6, 6.07) is 20.1. The van der Waals surface area contributed by atoms with E-state index in [1.54, 1.807) is 30.3 Å². The Bertz CT molecular complexity index is 1380. The molecule has 2 unspecified atom stereocenters. The first-order valence-corrected chi connectivity index (χ1v) is 12.4. The Kier molecular flexibility index (Phi) is 6.03. The van der Waals surface area contributed by atoms with E-state index in [0.29, 0.717) is 35.5 Å². The molecule has 1 saturated heterocycles. The number of carboxylic acid groups (broad SMARTS) is 1. The zero-order chi connectivity index (χ0) is 26.4. The smallest absolute Gasteiger partial charge is 0.335 e. The molecule has 7 nitrogen and oxygen atoms in total. The topological polar surface area (TPSA) is 94.1 Å². The second-order valence-electron chi connectivity index (χ2n) is 9.87. The Morgan fingerprint density at radius 2 is 1.55 bits per heavy atom. The first-order chi connectivity index (χ1) is 18.3. The summed E-state index contributed by atoms with van der Waals surface area (Å²) < 4.78 is 46.7. The second-order valence-corrected chi connectivity index (χ2v) is 9.87. The predicted molar refractivity (Wildman–Crippen MR) is 131 cm³/mol. The summed E-state index contributed by atoms with van der Waals surface area (Å²) in [4.78, 5) is 24.7. The molecule has 2 fully saturated rings. The van der Waals surface area contributed by atoms with Gasteiger partial charge in [0.05, 0.1) is 23.7 Å². The van der Waals surface area contributed by atoms with Crippen LogP contribution in [0.1, 0.15) is 58.0 Å². The van der Waals surface area contributed by atoms with Crippen molar-refractivity contribution in [3.8, 4) is 11.5 Å². The van der Waals surface area contributed by atoms with Gasteiger partial charge in [0.25, 0.3) is 5.92 Å². The van der Waals surface area contributed by atoms with Crippen molar-refractivity contribution in [1.29, 1.82) is 0 Å². The summed E-state index contributed by atoms with van der Waals surface area (Å²) in [5.74, 6) is -6.81. The van der Waals surface area contributed by atoms with Crippen molar-refractivity contribution in [3.05, 3.63) is 95.1 Å². The molecule has 1 saturated carbocycles. The number of rotatable bonds is 6. The second kappa shape index (κ2) is 9.40. The SMILES string of the molecule is O=C(O)c1cccc([C@@H]2C[C@H](NC(=O)C3C(c4ccc5c(c4)OCO5)C3(F)F)C[C@H](c3ccccc3)O2)c1. The lowest BCUT2D eigenvalue weighted by Gasteiger charge is -2.36. The zero-order valence-electron chi connectivity index (χ0n) is 20.2. The molecule has 3 aromatic rings. The third kappa shape index (κ3) is 4.47. The normalized spacial score (nSPS) is 26.9. The van der Waals surface area contributed by atoms with Crippen LogP contribution >= 0.6 is 0 Å². The lowest BCUT2D eigenvalue weighted by molar-refractivity contribution is -0.127. The highest BCUT2D eigenvalue weighted by Gasteiger charge is 2.72. The molecule has 2 heterocycles. The number of carbonyl (C=O) groups excluding carboxylic acids is 1. The number of halogens is 2. The predicted octanol–water partition coefficient (Wildman–Crippen LogP) is 5.24. The lowest BCUT2D eigenvalue weighted by atomic mass is 9.90. The number of aromatic carboxylic acids is 1. The molecule has 9 heteroatoms. The summed E-state index contributed by atoms with van der Waals surface area (Å²) in [5, 5.41) is 12.3. The fraction of sp³-hybridized carbons (Fsp3) is 0.310. The van der Waals surface area contributed by atoms with E-state index in [9.17, 15) is 23.5 Å². The number of ether oxygens (including phenoxy) is 3. The summed E-state index contributed by atoms with van der Waals surface area (Å²) in [7, 11) is 0. The average Bonchev–Trinajstić information content (AvgIpc) is 3.24. The quantitative estimate of drug-likeness (QED) is 0.461. The van der Waals surface area contributed by atoms with Crippen LogP contribution < -0.4 is 14.8 Å². The highest BCUT2D eigenvalue weighted by molar-refractivity contribution is 5.88. The van der Waals surface area contributed by atoms with Crippen molar-refractivity contribution < 1.29 is 37.7 Å². The van der Waals surface area contributed by atoms with Crippen LogP contribution in [0.2, 0.25) is 0 Å². The minimum Gasteiger partial charge on any atom is -0.478 e. The summed E-state index contributed by atoms with van der Waals surface area (Å²) in [5.41, 5.74) is 2.00. The standard InChI is InChI=1S/C29H25F2NO6/c30-29(31)25(18-9-10-21-24(12-18)37-15-36-21)26(29)27(33)32-20-13-22(16-5-2-1-3-6-16)38-23(14-20)17-7-4-8-19(11-17)28(34)35/h1-12,20,22-23,25-26H,13-15H2,(H,32,33)(H,34,35)/t20-,22-,23+,25?,26?/m1/s1. The van der Waals surface area contributed by atoms with Gasteiger partial charge < -0.3 is 24.6 Å². The Morgan fingerprint density at radius 1 is 0.842 bits per heavy atom. The summed E-state index contributed by atoms with van der Waals surface area (Å²) in [6.45, 7) is 0.0344. The fourth-order valence-electron chi connectivity index (χ4n) is 5.47. The van der Waals surface area contributed by atoms with Crippen LogP contribution in [-0.4, -0.2) is 35.7 Å². The first kappa shape index (κ1) is 24.4. The number of amides is 1. The van der Waals surface area contributed by atoms with Gasteiger partial charge in [0.15, 0.2) is 11.5 Å². The number of hydrogen-bond acceptors (Lipinski definition) is 5. The minimum absolute atomic E-state index is 0.0344. The molecule has 3 aromatic carbocycles. The molecule has 0 aromatic heterocycles. The van der Waals surface area contributed by atoms with Crippen molar-refractivity contribution in [2.75, 3.05) is 6.79 Å². The van der Waals surface area contributed by atoms with E-state index in [4.69, 9.17) is 14.2 Å². The number of benzene rings is 3. The average molecular weight is 522 g/mol. The Hall–Kier alpha value is -3.98. The number of carboxylic acids is 1. The molecule has 0 radical (unpaired) electrons. The van der Waals surface area contributed by atoms with Gasteiger partial charge >= 0.3 is 5.97 Å². The van der Waals surface area contributed by atoms with Gasteiger partial charge in [0.2, 0.25) is 12.7 Å². The van der Waals surface area contributed by atoms with E-state index in [2.05, 4.69) is 5.32 Å². The van der Waals surface area contributed by atoms with E-state index in [1.807, 2.05) is 30.3 Å². The van der Waals surface area contributed by atoms with Crippen molar-refractivity contribution in [3.63, 3.8) is 0 Å². The maximum Gasteiger partial charge on any atom is 0.335 e. The van der Waals surface area contributed by atoms with Crippen LogP contribution in [0.4, 0.5) is 8.78 Å². The molecule has 3 aliphatic rings. The molecular weight excluding hydrogens is 496 g/mol. The minimum atomic E-state index is -3.18. The van der Waals surface area contributed by atoms with Crippen LogP contribution in [-0.2, 0) is 9.53 Å². The monoisotopic (exact) mass is 521 g/mol. The summed E-state index contributed by atoms with van der Waals surface area (Å²) in [6.07, 6.45) is -0.204. The molecule has 1 amide bonds. The first-order valence-electron chi connectivity index (χ1n) is 12.4. The molecule has 38 heavy (non-hydrogen) atoms. The van der Waals surface area contributed by atoms with Crippen molar-refractivity contribution >= 4 is 11.9 Å². The largest absolute Gasteiger partial charge is 0.478 e. The van der Waals surface area contributed by atoms with E-state index >= 15 is 0 Å². The highest BCUT2D eigenvalue weighted by Crippen LogP contribution is 2.62. The van der Waals surface area contributed by atoms with Crippen LogP contribution in [0.15, 0.2) is 72.8 Å². The number of fused-ring (bicyclic) bond motifs is 1. The van der Waals surface area contributed by atoms with E-state index in [1.165, 1.54) is 12.1 Å². The van der Waals surface area contributed by atoms with Gasteiger partial charge in [-0.25, -0.2) is 13.6 Å². The molecule has 1 aliphatic carbocycles. The lowest BCUT2D eigenvalue weighted by Crippen LogP contribution is -2.42. The van der Waals surface area contributed by atoms with Gasteiger partial charge in [-0.05, 0) is 53.8 Å². The third-order valence-corrected chi connectivity index (χ3v) is 7.44. The number of nitrogens with one attached hydrogen (secondary N) is 1. The van der Waals surface area contributed by atoms with Gasteiger partial charge in [-0.15, -0.1) is 0 Å². The number of carbonyl (C=O) groups is 2. The fourth-order valence-corrected chi connectivity index (χ4v) is 5.47. The van der Waals surface area contributed by atoms with Crippen LogP contribution in [0, 0.1) is 5.92 Å². The van der Waals surface area contributed by atoms with Gasteiger partial charge in [-0.3, -0.25) is 4.79 Å². The van der Waals surface area contributed by atoms with Gasteiger partial charge in [-0.2, -0.15) is 0 Å². The number of hydrogen-bond donors (Lipinski definition) is 2. The Balaban J connectivity index is 1.22. The van der Waals surface area contributed by atoms with Gasteiger partial charge in [0.1, 0.15) is 5.92 Å². The van der Waals surface area contributed by atoms with E-state index in [-0.39, 0.29) is 12.4 Å². The van der Waals surface area contributed by atoms with E-state index in [0.717, 1.165) is 5.56 Å². The highest BCUT2D eigenvalue weighted by atomic mass is 19.3. The molecule has 0 spiro atoms. The van der Waals surface area contributed by atoms with Gasteiger partial charge in [0, 0.05) is 6.04 Å². The molecule has 2 aliphatic heterocycles. The molecule has 6 rings (SSSR count). The van der Waals surface area contributed by atoms with E-state index < -0.39 is 47.9 Å². The Labute approximate surface area is 217 Å². The Morgan fingerprint density at radius 3 is 2.32 bits per heavy atom. The number of alkyl halides is 2. The van der Waals surface area contributed by atoms with Crippen molar-refractivity contribution in [2.45, 2.75) is 42.9 Å². The molecule has 2 N–H and O–H groups in total. The van der Waals surface area contributed by atoms with Crippen LogP contribution in [0.25, 0.3) is 0 Å². The third-order valence-electron chi connectivity index (χ3n) is 7.44. The molecule has 0 bridgehead atoms. The molecular formula is C29H25F2NO6. The maximum absolute atomic E-state index is 14.9.